The van der Waals surface area contributed by atoms with Gasteiger partial charge in [0.2, 0.25) is 0 Å². The predicted octanol–water partition coefficient (Wildman–Crippen LogP) is 1.82. The van der Waals surface area contributed by atoms with Gasteiger partial charge in [-0.2, -0.15) is 0 Å². The fraction of sp³-hybridized carbons (Fsp3) is 0.350. The second kappa shape index (κ2) is 7.85. The number of piperazine rings is 1. The zero-order chi connectivity index (χ0) is 18.6. The molecule has 1 amide bonds. The van der Waals surface area contributed by atoms with Gasteiger partial charge in [0.05, 0.1) is 12.2 Å². The lowest BCUT2D eigenvalue weighted by molar-refractivity contribution is 0.0594. The van der Waals surface area contributed by atoms with Crippen LogP contribution in [0.15, 0.2) is 48.9 Å². The first kappa shape index (κ1) is 17.6. The first-order chi connectivity index (χ1) is 13.3. The second-order valence-electron chi connectivity index (χ2n) is 6.64. The number of amides is 1. The Hall–Kier alpha value is -2.77. The summed E-state index contributed by atoms with van der Waals surface area (Å²) in [6, 6.07) is 11.8. The average molecular weight is 365 g/mol. The number of carbonyl (C=O) groups excluding carboxylic acids is 1. The molecular weight excluding hydrogens is 342 g/mol. The van der Waals surface area contributed by atoms with Crippen molar-refractivity contribution >= 4 is 17.1 Å². The number of nitrogens with zero attached hydrogens (tertiary/aromatic N) is 5. The van der Waals surface area contributed by atoms with E-state index in [0.29, 0.717) is 5.56 Å². The summed E-state index contributed by atoms with van der Waals surface area (Å²) in [4.78, 5) is 26.0. The summed E-state index contributed by atoms with van der Waals surface area (Å²) in [5, 5.41) is 0. The minimum atomic E-state index is 0.0186. The number of carbonyl (C=O) groups is 1. The molecule has 140 valence electrons. The molecule has 1 saturated heterocycles. The third kappa shape index (κ3) is 3.70. The Morgan fingerprint density at radius 1 is 1.11 bits per heavy atom. The van der Waals surface area contributed by atoms with Crippen molar-refractivity contribution in [3.8, 4) is 5.69 Å². The molecule has 1 aliphatic heterocycles. The van der Waals surface area contributed by atoms with Crippen LogP contribution in [0.4, 0.5) is 0 Å². The maximum Gasteiger partial charge on any atom is 0.255 e. The maximum absolute atomic E-state index is 12.8. The molecular formula is C20H23N5O2. The summed E-state index contributed by atoms with van der Waals surface area (Å²) in [6.07, 6.45) is 3.40. The summed E-state index contributed by atoms with van der Waals surface area (Å²) in [6.45, 7) is 4.81. The highest BCUT2D eigenvalue weighted by Gasteiger charge is 2.22. The number of hydrogen-bond acceptors (Lipinski definition) is 5. The molecule has 1 aliphatic rings. The van der Waals surface area contributed by atoms with E-state index in [4.69, 9.17) is 4.74 Å². The Kier molecular flexibility index (Phi) is 5.13. The zero-order valence-corrected chi connectivity index (χ0v) is 15.4. The van der Waals surface area contributed by atoms with E-state index in [0.717, 1.165) is 56.2 Å². The molecule has 0 N–H and O–H groups in total. The van der Waals surface area contributed by atoms with E-state index in [1.165, 1.54) is 0 Å². The lowest BCUT2D eigenvalue weighted by Crippen LogP contribution is -2.49. The Morgan fingerprint density at radius 2 is 1.89 bits per heavy atom. The van der Waals surface area contributed by atoms with E-state index < -0.39 is 0 Å². The molecule has 1 fully saturated rings. The first-order valence-corrected chi connectivity index (χ1v) is 9.15. The van der Waals surface area contributed by atoms with Crippen molar-refractivity contribution in [3.63, 3.8) is 0 Å². The van der Waals surface area contributed by atoms with Crippen molar-refractivity contribution in [3.05, 3.63) is 54.5 Å². The highest BCUT2D eigenvalue weighted by molar-refractivity contribution is 5.96. The van der Waals surface area contributed by atoms with Gasteiger partial charge in [-0.15, -0.1) is 0 Å². The van der Waals surface area contributed by atoms with E-state index in [9.17, 15) is 4.79 Å². The quantitative estimate of drug-likeness (QED) is 0.690. The number of imidazole rings is 1. The standard InChI is InChI=1S/C20H23N5O2/c1-27-12-11-23-7-9-24(10-8-23)20(26)16-13-18-19(21-14-16)25(15-22-18)17-5-3-2-4-6-17/h2-6,13-15H,7-12H2,1H3. The van der Waals surface area contributed by atoms with Gasteiger partial charge in [-0.25, -0.2) is 9.97 Å². The minimum Gasteiger partial charge on any atom is -0.383 e. The van der Waals surface area contributed by atoms with Crippen LogP contribution < -0.4 is 0 Å². The van der Waals surface area contributed by atoms with E-state index in [1.54, 1.807) is 19.6 Å². The van der Waals surface area contributed by atoms with Gasteiger partial charge in [0.15, 0.2) is 5.65 Å². The SMILES string of the molecule is COCCN1CCN(C(=O)c2cnc3c(c2)ncn3-c2ccccc2)CC1. The number of methoxy groups -OCH3 is 1. The molecule has 7 nitrogen and oxygen atoms in total. The zero-order valence-electron chi connectivity index (χ0n) is 15.4. The molecule has 0 bridgehead atoms. The predicted molar refractivity (Wildman–Crippen MR) is 103 cm³/mol. The number of para-hydroxylation sites is 1. The lowest BCUT2D eigenvalue weighted by Gasteiger charge is -2.34. The van der Waals surface area contributed by atoms with Gasteiger partial charge in [-0.05, 0) is 18.2 Å². The van der Waals surface area contributed by atoms with Crippen LogP contribution in [0.1, 0.15) is 10.4 Å². The molecule has 3 heterocycles. The third-order valence-corrected chi connectivity index (χ3v) is 4.94. The Balaban J connectivity index is 1.49. The fourth-order valence-electron chi connectivity index (χ4n) is 3.37. The van der Waals surface area contributed by atoms with Crippen molar-refractivity contribution in [1.29, 1.82) is 0 Å². The molecule has 3 aromatic rings. The summed E-state index contributed by atoms with van der Waals surface area (Å²) < 4.78 is 7.05. The lowest BCUT2D eigenvalue weighted by atomic mass is 10.2. The van der Waals surface area contributed by atoms with Crippen molar-refractivity contribution in [2.75, 3.05) is 46.4 Å². The normalized spacial score (nSPS) is 15.4. The van der Waals surface area contributed by atoms with Crippen molar-refractivity contribution < 1.29 is 9.53 Å². The molecule has 4 rings (SSSR count). The van der Waals surface area contributed by atoms with Gasteiger partial charge in [0.25, 0.3) is 5.91 Å². The Bertz CT molecular complexity index is 917. The second-order valence-corrected chi connectivity index (χ2v) is 6.64. The van der Waals surface area contributed by atoms with Gasteiger partial charge in [0.1, 0.15) is 11.8 Å². The van der Waals surface area contributed by atoms with Crippen LogP contribution in [0.2, 0.25) is 0 Å². The Morgan fingerprint density at radius 3 is 2.63 bits per heavy atom. The summed E-state index contributed by atoms with van der Waals surface area (Å²) in [7, 11) is 1.71. The van der Waals surface area contributed by atoms with E-state index >= 15 is 0 Å². The van der Waals surface area contributed by atoms with Crippen LogP contribution in [0.5, 0.6) is 0 Å². The van der Waals surface area contributed by atoms with Gasteiger partial charge in [-0.1, -0.05) is 18.2 Å². The number of benzene rings is 1. The molecule has 0 unspecified atom stereocenters. The van der Waals surface area contributed by atoms with Crippen LogP contribution in [-0.2, 0) is 4.74 Å². The Labute approximate surface area is 158 Å². The van der Waals surface area contributed by atoms with Crippen LogP contribution in [0.3, 0.4) is 0 Å². The third-order valence-electron chi connectivity index (χ3n) is 4.94. The monoisotopic (exact) mass is 365 g/mol. The van der Waals surface area contributed by atoms with Crippen molar-refractivity contribution in [1.82, 2.24) is 24.3 Å². The largest absolute Gasteiger partial charge is 0.383 e. The average Bonchev–Trinajstić information content (AvgIpc) is 3.16. The van der Waals surface area contributed by atoms with Crippen LogP contribution >= 0.6 is 0 Å². The number of ether oxygens (including phenoxy) is 1. The van der Waals surface area contributed by atoms with Crippen LogP contribution in [0.25, 0.3) is 16.9 Å². The molecule has 1 aromatic carbocycles. The van der Waals surface area contributed by atoms with E-state index in [1.807, 2.05) is 45.9 Å². The molecule has 0 atom stereocenters. The van der Waals surface area contributed by atoms with Crippen molar-refractivity contribution in [2.24, 2.45) is 0 Å². The van der Waals surface area contributed by atoms with Crippen LogP contribution in [-0.4, -0.2) is 76.7 Å². The summed E-state index contributed by atoms with van der Waals surface area (Å²) in [5.74, 6) is 0.0186. The molecule has 0 radical (unpaired) electrons. The number of pyridine rings is 1. The highest BCUT2D eigenvalue weighted by Crippen LogP contribution is 2.18. The van der Waals surface area contributed by atoms with Gasteiger partial charge in [0, 0.05) is 51.7 Å². The fourth-order valence-corrected chi connectivity index (χ4v) is 3.37. The molecule has 0 saturated carbocycles. The minimum absolute atomic E-state index is 0.0186. The number of aromatic nitrogens is 3. The van der Waals surface area contributed by atoms with E-state index in [2.05, 4.69) is 14.9 Å². The molecule has 7 heteroatoms. The smallest absolute Gasteiger partial charge is 0.255 e. The summed E-state index contributed by atoms with van der Waals surface area (Å²) in [5.41, 5.74) is 3.07. The molecule has 0 aliphatic carbocycles. The first-order valence-electron chi connectivity index (χ1n) is 9.15. The topological polar surface area (TPSA) is 63.5 Å². The summed E-state index contributed by atoms with van der Waals surface area (Å²) >= 11 is 0. The van der Waals surface area contributed by atoms with E-state index in [-0.39, 0.29) is 5.91 Å². The van der Waals surface area contributed by atoms with Crippen LogP contribution in [0, 0.1) is 0 Å². The molecule has 2 aromatic heterocycles. The van der Waals surface area contributed by atoms with Crippen molar-refractivity contribution in [2.45, 2.75) is 0 Å². The van der Waals surface area contributed by atoms with Gasteiger partial charge >= 0.3 is 0 Å². The number of rotatable bonds is 5. The molecule has 27 heavy (non-hydrogen) atoms. The van der Waals surface area contributed by atoms with Gasteiger partial charge in [-0.3, -0.25) is 14.3 Å². The number of hydrogen-bond donors (Lipinski definition) is 0. The van der Waals surface area contributed by atoms with Gasteiger partial charge < -0.3 is 9.64 Å². The molecule has 0 spiro atoms. The maximum atomic E-state index is 12.8. The number of fused-ring (bicyclic) bond motifs is 1. The highest BCUT2D eigenvalue weighted by atomic mass is 16.5.